The van der Waals surface area contributed by atoms with Crippen LogP contribution in [-0.2, 0) is 0 Å². The molecular formula is C42H29N3. The lowest BCUT2D eigenvalue weighted by Crippen LogP contribution is -2.10. The Morgan fingerprint density at radius 1 is 0.289 bits per heavy atom. The topological polar surface area (TPSA) is 13.1 Å². The quantitative estimate of drug-likeness (QED) is 0.199. The standard InChI is InChI=1S/C42H29N3/c1-3-14-30(15-4-1)43(32-18-13-19-33(28-32)45-39-23-10-7-20-35(39)36-21-8-11-24-40(36)45)34-26-27-42-38(29-34)37-22-9-12-25-41(37)44(42)31-16-5-2-6-17-31/h1-29H. The predicted octanol–water partition coefficient (Wildman–Crippen LogP) is 11.4. The van der Waals surface area contributed by atoms with Crippen molar-refractivity contribution in [3.8, 4) is 11.4 Å². The number of nitrogens with zero attached hydrogens (tertiary/aromatic N) is 3. The molecule has 2 heterocycles. The van der Waals surface area contributed by atoms with E-state index in [0.29, 0.717) is 0 Å². The van der Waals surface area contributed by atoms with E-state index in [4.69, 9.17) is 0 Å². The smallest absolute Gasteiger partial charge is 0.0542 e. The zero-order chi connectivity index (χ0) is 29.7. The zero-order valence-corrected chi connectivity index (χ0v) is 24.6. The minimum atomic E-state index is 1.10. The summed E-state index contributed by atoms with van der Waals surface area (Å²) >= 11 is 0. The normalized spacial score (nSPS) is 11.6. The maximum Gasteiger partial charge on any atom is 0.0542 e. The molecule has 0 bridgehead atoms. The van der Waals surface area contributed by atoms with Crippen LogP contribution in [0.2, 0.25) is 0 Å². The summed E-state index contributed by atoms with van der Waals surface area (Å²) in [4.78, 5) is 2.37. The van der Waals surface area contributed by atoms with Crippen molar-refractivity contribution < 1.29 is 0 Å². The van der Waals surface area contributed by atoms with E-state index in [9.17, 15) is 0 Å². The van der Waals surface area contributed by atoms with Crippen molar-refractivity contribution >= 4 is 60.7 Å². The van der Waals surface area contributed by atoms with E-state index in [-0.39, 0.29) is 0 Å². The second kappa shape index (κ2) is 10.3. The molecule has 0 fully saturated rings. The highest BCUT2D eigenvalue weighted by atomic mass is 15.1. The van der Waals surface area contributed by atoms with Gasteiger partial charge in [-0.25, -0.2) is 0 Å². The lowest BCUT2D eigenvalue weighted by atomic mass is 10.1. The first-order chi connectivity index (χ1) is 22.3. The molecule has 0 aliphatic heterocycles. The number of fused-ring (bicyclic) bond motifs is 6. The minimum Gasteiger partial charge on any atom is -0.310 e. The molecule has 0 unspecified atom stereocenters. The van der Waals surface area contributed by atoms with Gasteiger partial charge in [0.1, 0.15) is 0 Å². The second-order valence-corrected chi connectivity index (χ2v) is 11.5. The highest BCUT2D eigenvalue weighted by molar-refractivity contribution is 6.11. The zero-order valence-electron chi connectivity index (χ0n) is 24.6. The molecule has 0 radical (unpaired) electrons. The largest absolute Gasteiger partial charge is 0.310 e. The molecule has 2 aromatic heterocycles. The van der Waals surface area contributed by atoms with Gasteiger partial charge in [-0.15, -0.1) is 0 Å². The van der Waals surface area contributed by atoms with Crippen LogP contribution in [0.1, 0.15) is 0 Å². The molecule has 0 atom stereocenters. The van der Waals surface area contributed by atoms with Crippen molar-refractivity contribution in [1.29, 1.82) is 0 Å². The number of para-hydroxylation sites is 5. The van der Waals surface area contributed by atoms with Crippen LogP contribution in [0.15, 0.2) is 176 Å². The Labute approximate surface area is 261 Å². The Bertz CT molecular complexity index is 2430. The fraction of sp³-hybridized carbons (Fsp3) is 0. The number of anilines is 3. The number of hydrogen-bond acceptors (Lipinski definition) is 1. The van der Waals surface area contributed by atoms with Crippen molar-refractivity contribution in [3.63, 3.8) is 0 Å². The Morgan fingerprint density at radius 2 is 0.733 bits per heavy atom. The molecule has 0 amide bonds. The Balaban J connectivity index is 1.27. The molecule has 0 spiro atoms. The van der Waals surface area contributed by atoms with Gasteiger partial charge in [-0.2, -0.15) is 0 Å². The van der Waals surface area contributed by atoms with E-state index in [2.05, 4.69) is 190 Å². The number of rotatable bonds is 5. The molecule has 3 nitrogen and oxygen atoms in total. The van der Waals surface area contributed by atoms with Crippen molar-refractivity contribution in [3.05, 3.63) is 176 Å². The molecule has 0 saturated heterocycles. The van der Waals surface area contributed by atoms with Gasteiger partial charge >= 0.3 is 0 Å². The van der Waals surface area contributed by atoms with Crippen LogP contribution in [0.25, 0.3) is 55.0 Å². The first-order valence-electron chi connectivity index (χ1n) is 15.4. The van der Waals surface area contributed by atoms with E-state index in [1.165, 1.54) is 43.6 Å². The fourth-order valence-corrected chi connectivity index (χ4v) is 6.95. The molecule has 9 aromatic rings. The average Bonchev–Trinajstić information content (AvgIpc) is 3.62. The fourth-order valence-electron chi connectivity index (χ4n) is 6.95. The van der Waals surface area contributed by atoms with E-state index in [1.54, 1.807) is 0 Å². The van der Waals surface area contributed by atoms with Crippen molar-refractivity contribution in [2.45, 2.75) is 0 Å². The summed E-state index contributed by atoms with van der Waals surface area (Å²) in [6.45, 7) is 0. The van der Waals surface area contributed by atoms with Crippen LogP contribution in [0, 0.1) is 0 Å². The van der Waals surface area contributed by atoms with Gasteiger partial charge in [0.15, 0.2) is 0 Å². The number of benzene rings is 7. The summed E-state index contributed by atoms with van der Waals surface area (Å²) in [6.07, 6.45) is 0. The Kier molecular flexibility index (Phi) is 5.82. The van der Waals surface area contributed by atoms with E-state index < -0.39 is 0 Å². The first kappa shape index (κ1) is 25.4. The summed E-state index contributed by atoms with van der Waals surface area (Å²) in [6, 6.07) is 63.1. The number of aromatic nitrogens is 2. The van der Waals surface area contributed by atoms with E-state index in [0.717, 1.165) is 28.4 Å². The molecule has 0 aliphatic carbocycles. The lowest BCUT2D eigenvalue weighted by molar-refractivity contribution is 1.17. The van der Waals surface area contributed by atoms with Gasteiger partial charge in [-0.3, -0.25) is 0 Å². The molecule has 0 saturated carbocycles. The third-order valence-electron chi connectivity index (χ3n) is 8.87. The van der Waals surface area contributed by atoms with Crippen LogP contribution >= 0.6 is 0 Å². The SMILES string of the molecule is c1ccc(N(c2cccc(-n3c4ccccc4c4ccccc43)c2)c2ccc3c(c2)c2ccccc2n3-c2ccccc2)cc1. The van der Waals surface area contributed by atoms with Crippen LogP contribution in [0.5, 0.6) is 0 Å². The predicted molar refractivity (Wildman–Crippen MR) is 190 cm³/mol. The monoisotopic (exact) mass is 575 g/mol. The summed E-state index contributed by atoms with van der Waals surface area (Å²) in [7, 11) is 0. The molecule has 45 heavy (non-hydrogen) atoms. The molecule has 7 aromatic carbocycles. The molecule has 0 aliphatic rings. The second-order valence-electron chi connectivity index (χ2n) is 11.5. The van der Waals surface area contributed by atoms with E-state index >= 15 is 0 Å². The van der Waals surface area contributed by atoms with Gasteiger partial charge in [0.25, 0.3) is 0 Å². The summed E-state index contributed by atoms with van der Waals surface area (Å²) in [5.41, 5.74) is 10.4. The van der Waals surface area contributed by atoms with Crippen LogP contribution in [0.3, 0.4) is 0 Å². The number of hydrogen-bond donors (Lipinski definition) is 0. The summed E-state index contributed by atoms with van der Waals surface area (Å²) in [5.74, 6) is 0. The van der Waals surface area contributed by atoms with Crippen LogP contribution < -0.4 is 4.90 Å². The van der Waals surface area contributed by atoms with Crippen LogP contribution in [0.4, 0.5) is 17.1 Å². The Hall–Kier alpha value is -6.06. The molecule has 212 valence electrons. The maximum absolute atomic E-state index is 2.38. The highest BCUT2D eigenvalue weighted by Gasteiger charge is 2.18. The molecule has 0 N–H and O–H groups in total. The van der Waals surface area contributed by atoms with Gasteiger partial charge in [0.2, 0.25) is 0 Å². The van der Waals surface area contributed by atoms with Gasteiger partial charge in [0, 0.05) is 50.0 Å². The van der Waals surface area contributed by atoms with Gasteiger partial charge in [-0.05, 0) is 78.9 Å². The first-order valence-corrected chi connectivity index (χ1v) is 15.4. The molecule has 3 heteroatoms. The lowest BCUT2D eigenvalue weighted by Gasteiger charge is -2.26. The summed E-state index contributed by atoms with van der Waals surface area (Å²) < 4.78 is 4.75. The van der Waals surface area contributed by atoms with Gasteiger partial charge in [-0.1, -0.05) is 97.1 Å². The third-order valence-corrected chi connectivity index (χ3v) is 8.87. The van der Waals surface area contributed by atoms with Gasteiger partial charge in [0.05, 0.1) is 22.1 Å². The minimum absolute atomic E-state index is 1.10. The third kappa shape index (κ3) is 4.05. The van der Waals surface area contributed by atoms with Crippen molar-refractivity contribution in [2.24, 2.45) is 0 Å². The molecular weight excluding hydrogens is 546 g/mol. The maximum atomic E-state index is 2.38. The Morgan fingerprint density at radius 3 is 1.38 bits per heavy atom. The molecule has 9 rings (SSSR count). The van der Waals surface area contributed by atoms with Crippen molar-refractivity contribution in [1.82, 2.24) is 9.13 Å². The van der Waals surface area contributed by atoms with E-state index in [1.807, 2.05) is 0 Å². The summed E-state index contributed by atoms with van der Waals surface area (Å²) in [5, 5.41) is 4.99. The average molecular weight is 576 g/mol. The van der Waals surface area contributed by atoms with Crippen molar-refractivity contribution in [2.75, 3.05) is 4.90 Å². The highest BCUT2D eigenvalue weighted by Crippen LogP contribution is 2.41. The van der Waals surface area contributed by atoms with Crippen LogP contribution in [-0.4, -0.2) is 9.13 Å². The van der Waals surface area contributed by atoms with Gasteiger partial charge < -0.3 is 14.0 Å².